The molecule has 0 unspecified atom stereocenters. The lowest BCUT2D eigenvalue weighted by molar-refractivity contribution is -0.154. The van der Waals surface area contributed by atoms with Crippen molar-refractivity contribution in [2.45, 2.75) is 12.5 Å². The normalized spacial score (nSPS) is 12.0. The van der Waals surface area contributed by atoms with E-state index in [1.54, 1.807) is 30.5 Å². The van der Waals surface area contributed by atoms with Gasteiger partial charge in [0.2, 0.25) is 6.10 Å². The summed E-state index contributed by atoms with van der Waals surface area (Å²) in [4.78, 5) is 26.9. The van der Waals surface area contributed by atoms with E-state index in [-0.39, 0.29) is 6.42 Å². The Morgan fingerprint density at radius 1 is 1.04 bits per heavy atom. The van der Waals surface area contributed by atoms with Crippen molar-refractivity contribution in [3.8, 4) is 0 Å². The lowest BCUT2D eigenvalue weighted by Gasteiger charge is -2.14. The van der Waals surface area contributed by atoms with E-state index in [1.165, 1.54) is 0 Å². The monoisotopic (exact) mass is 308 g/mol. The Hall–Kier alpha value is -3.08. The molecule has 5 nitrogen and oxygen atoms in total. The molecule has 0 aliphatic rings. The van der Waals surface area contributed by atoms with Crippen molar-refractivity contribution < 1.29 is 14.3 Å². The zero-order valence-corrected chi connectivity index (χ0v) is 12.4. The number of para-hydroxylation sites is 1. The summed E-state index contributed by atoms with van der Waals surface area (Å²) >= 11 is 0. The SMILES string of the molecule is NC(=O)[C@H](OC(=O)Cc1c[nH]c2ccccc12)c1ccccc1. The molecule has 1 aromatic heterocycles. The van der Waals surface area contributed by atoms with E-state index in [2.05, 4.69) is 4.98 Å². The Labute approximate surface area is 133 Å². The number of H-pyrrole nitrogens is 1. The molecule has 1 heterocycles. The van der Waals surface area contributed by atoms with Gasteiger partial charge in [0.25, 0.3) is 5.91 Å². The van der Waals surface area contributed by atoms with Gasteiger partial charge < -0.3 is 15.5 Å². The molecule has 0 fully saturated rings. The number of amides is 1. The van der Waals surface area contributed by atoms with Gasteiger partial charge in [-0.25, -0.2) is 0 Å². The van der Waals surface area contributed by atoms with Crippen LogP contribution in [0, 0.1) is 0 Å². The van der Waals surface area contributed by atoms with Crippen LogP contribution in [0.4, 0.5) is 0 Å². The van der Waals surface area contributed by atoms with Crippen molar-refractivity contribution >= 4 is 22.8 Å². The molecule has 0 radical (unpaired) electrons. The molecule has 116 valence electrons. The number of nitrogens with two attached hydrogens (primary N) is 1. The van der Waals surface area contributed by atoms with E-state index in [4.69, 9.17) is 10.5 Å². The first-order valence-electron chi connectivity index (χ1n) is 7.24. The first-order valence-corrected chi connectivity index (χ1v) is 7.24. The maximum Gasteiger partial charge on any atom is 0.311 e. The maximum absolute atomic E-state index is 12.2. The van der Waals surface area contributed by atoms with Crippen LogP contribution in [0.25, 0.3) is 10.9 Å². The van der Waals surface area contributed by atoms with Crippen molar-refractivity contribution in [2.24, 2.45) is 5.73 Å². The highest BCUT2D eigenvalue weighted by atomic mass is 16.5. The van der Waals surface area contributed by atoms with Crippen molar-refractivity contribution in [1.82, 2.24) is 4.98 Å². The molecular weight excluding hydrogens is 292 g/mol. The van der Waals surface area contributed by atoms with Crippen LogP contribution in [-0.2, 0) is 20.7 Å². The number of benzene rings is 2. The fraction of sp³-hybridized carbons (Fsp3) is 0.111. The largest absolute Gasteiger partial charge is 0.447 e. The Morgan fingerprint density at radius 3 is 2.48 bits per heavy atom. The number of ether oxygens (including phenoxy) is 1. The van der Waals surface area contributed by atoms with Gasteiger partial charge in [-0.3, -0.25) is 9.59 Å². The van der Waals surface area contributed by atoms with E-state index in [9.17, 15) is 9.59 Å². The average Bonchev–Trinajstić information content (AvgIpc) is 2.96. The highest BCUT2D eigenvalue weighted by molar-refractivity contribution is 5.88. The number of primary amides is 1. The number of rotatable bonds is 5. The number of carbonyl (C=O) groups is 2. The summed E-state index contributed by atoms with van der Waals surface area (Å²) in [5, 5.41) is 0.958. The summed E-state index contributed by atoms with van der Waals surface area (Å²) in [7, 11) is 0. The van der Waals surface area contributed by atoms with Gasteiger partial charge in [0.15, 0.2) is 0 Å². The molecule has 0 aliphatic heterocycles. The molecule has 3 N–H and O–H groups in total. The van der Waals surface area contributed by atoms with E-state index in [0.29, 0.717) is 5.56 Å². The van der Waals surface area contributed by atoms with Gasteiger partial charge in [0.05, 0.1) is 6.42 Å². The molecule has 23 heavy (non-hydrogen) atoms. The minimum atomic E-state index is -1.08. The van der Waals surface area contributed by atoms with Crippen LogP contribution in [0.2, 0.25) is 0 Å². The van der Waals surface area contributed by atoms with Gasteiger partial charge in [0, 0.05) is 22.7 Å². The molecule has 1 amide bonds. The first-order chi connectivity index (χ1) is 11.1. The maximum atomic E-state index is 12.2. The van der Waals surface area contributed by atoms with Gasteiger partial charge in [0.1, 0.15) is 0 Å². The molecule has 0 spiro atoms. The van der Waals surface area contributed by atoms with Crippen LogP contribution in [0.1, 0.15) is 17.2 Å². The van der Waals surface area contributed by atoms with E-state index >= 15 is 0 Å². The highest BCUT2D eigenvalue weighted by Gasteiger charge is 2.22. The molecule has 3 aromatic rings. The van der Waals surface area contributed by atoms with Crippen LogP contribution in [0.3, 0.4) is 0 Å². The van der Waals surface area contributed by atoms with Crippen LogP contribution in [-0.4, -0.2) is 16.9 Å². The number of aromatic amines is 1. The average molecular weight is 308 g/mol. The number of nitrogens with one attached hydrogen (secondary N) is 1. The second-order valence-corrected chi connectivity index (χ2v) is 5.22. The molecule has 2 aromatic carbocycles. The summed E-state index contributed by atoms with van der Waals surface area (Å²) in [6.45, 7) is 0. The number of carbonyl (C=O) groups excluding carboxylic acids is 2. The molecule has 0 aliphatic carbocycles. The Kier molecular flexibility index (Phi) is 4.10. The van der Waals surface area contributed by atoms with Gasteiger partial charge in [-0.05, 0) is 11.6 Å². The second kappa shape index (κ2) is 6.36. The molecule has 0 saturated carbocycles. The van der Waals surface area contributed by atoms with Crippen molar-refractivity contribution in [2.75, 3.05) is 0 Å². The third-order valence-electron chi connectivity index (χ3n) is 3.62. The standard InChI is InChI=1S/C18H16N2O3/c19-18(22)17(12-6-2-1-3-7-12)23-16(21)10-13-11-20-15-9-5-4-8-14(13)15/h1-9,11,17,20H,10H2,(H2,19,22)/t17-/m1/s1. The predicted molar refractivity (Wildman–Crippen MR) is 86.5 cm³/mol. The number of hydrogen-bond acceptors (Lipinski definition) is 3. The number of hydrogen-bond donors (Lipinski definition) is 2. The first kappa shape index (κ1) is 14.8. The quantitative estimate of drug-likeness (QED) is 0.710. The van der Waals surface area contributed by atoms with E-state index in [0.717, 1.165) is 16.5 Å². The lowest BCUT2D eigenvalue weighted by atomic mass is 10.1. The Morgan fingerprint density at radius 2 is 1.74 bits per heavy atom. The van der Waals surface area contributed by atoms with Crippen LogP contribution < -0.4 is 5.73 Å². The topological polar surface area (TPSA) is 85.2 Å². The van der Waals surface area contributed by atoms with Crippen molar-refractivity contribution in [3.63, 3.8) is 0 Å². The minimum absolute atomic E-state index is 0.0701. The molecular formula is C18H16N2O3. The van der Waals surface area contributed by atoms with Crippen LogP contribution in [0.15, 0.2) is 60.8 Å². The molecule has 1 atom stereocenters. The van der Waals surface area contributed by atoms with Crippen LogP contribution >= 0.6 is 0 Å². The summed E-state index contributed by atoms with van der Waals surface area (Å²) in [5.41, 5.74) is 7.69. The van der Waals surface area contributed by atoms with E-state index < -0.39 is 18.0 Å². The number of esters is 1. The number of aromatic nitrogens is 1. The summed E-state index contributed by atoms with van der Waals surface area (Å²) in [6.07, 6.45) is 0.767. The third kappa shape index (κ3) is 3.23. The molecule has 5 heteroatoms. The van der Waals surface area contributed by atoms with Gasteiger partial charge in [-0.15, -0.1) is 0 Å². The summed E-state index contributed by atoms with van der Waals surface area (Å²) in [5.74, 6) is -1.19. The lowest BCUT2D eigenvalue weighted by Crippen LogP contribution is -2.26. The molecule has 3 rings (SSSR count). The van der Waals surface area contributed by atoms with E-state index in [1.807, 2.05) is 30.3 Å². The fourth-order valence-electron chi connectivity index (χ4n) is 2.52. The fourth-order valence-corrected chi connectivity index (χ4v) is 2.52. The second-order valence-electron chi connectivity index (χ2n) is 5.22. The predicted octanol–water partition coefficient (Wildman–Crippen LogP) is 2.48. The highest BCUT2D eigenvalue weighted by Crippen LogP contribution is 2.21. The summed E-state index contributed by atoms with van der Waals surface area (Å²) in [6, 6.07) is 16.4. The molecule has 0 saturated heterocycles. The smallest absolute Gasteiger partial charge is 0.311 e. The van der Waals surface area contributed by atoms with Gasteiger partial charge in [-0.1, -0.05) is 48.5 Å². The van der Waals surface area contributed by atoms with Crippen molar-refractivity contribution in [3.05, 3.63) is 71.9 Å². The zero-order valence-electron chi connectivity index (χ0n) is 12.4. The summed E-state index contributed by atoms with van der Waals surface area (Å²) < 4.78 is 5.29. The van der Waals surface area contributed by atoms with Crippen LogP contribution in [0.5, 0.6) is 0 Å². The van der Waals surface area contributed by atoms with Gasteiger partial charge in [-0.2, -0.15) is 0 Å². The zero-order chi connectivity index (χ0) is 16.2. The minimum Gasteiger partial charge on any atom is -0.447 e. The number of fused-ring (bicyclic) bond motifs is 1. The van der Waals surface area contributed by atoms with Crippen molar-refractivity contribution in [1.29, 1.82) is 0 Å². The molecule has 0 bridgehead atoms. The van der Waals surface area contributed by atoms with Gasteiger partial charge >= 0.3 is 5.97 Å². The third-order valence-corrected chi connectivity index (χ3v) is 3.62. The Balaban J connectivity index is 1.76. The Bertz CT molecular complexity index is 840.